The number of rotatable bonds is 4. The molecule has 3 rings (SSSR count). The van der Waals surface area contributed by atoms with Crippen molar-refractivity contribution in [1.29, 1.82) is 0 Å². The topological polar surface area (TPSA) is 36.9 Å². The number of ether oxygens (including phenoxy) is 4. The van der Waals surface area contributed by atoms with Crippen LogP contribution in [-0.4, -0.2) is 70.9 Å². The second-order valence-corrected chi connectivity index (χ2v) is 15.9. The van der Waals surface area contributed by atoms with Gasteiger partial charge in [-0.3, -0.25) is 0 Å². The Bertz CT molecular complexity index is 899. The van der Waals surface area contributed by atoms with Gasteiger partial charge in [0.25, 0.3) is 0 Å². The van der Waals surface area contributed by atoms with E-state index in [1.165, 1.54) is 0 Å². The van der Waals surface area contributed by atoms with E-state index in [1.54, 1.807) is 23.5 Å². The number of benzene rings is 2. The zero-order chi connectivity index (χ0) is 27.7. The first-order chi connectivity index (χ1) is 18.3. The Morgan fingerprint density at radius 1 is 0.500 bits per heavy atom. The van der Waals surface area contributed by atoms with Crippen LogP contribution in [0.1, 0.15) is 0 Å². The molecular formula is C24H24Br4Cl4O4S2. The molecule has 14 heteroatoms. The van der Waals surface area contributed by atoms with E-state index in [1.807, 2.05) is 24.3 Å². The lowest BCUT2D eigenvalue weighted by Gasteiger charge is -2.25. The maximum atomic E-state index is 6.32. The van der Waals surface area contributed by atoms with Gasteiger partial charge in [-0.15, -0.1) is 69.9 Å². The first-order valence-corrected chi connectivity index (χ1v) is 18.5. The van der Waals surface area contributed by atoms with Gasteiger partial charge in [0.05, 0.1) is 21.0 Å². The van der Waals surface area contributed by atoms with Gasteiger partial charge >= 0.3 is 0 Å². The van der Waals surface area contributed by atoms with E-state index >= 15 is 0 Å². The van der Waals surface area contributed by atoms with E-state index in [-0.39, 0.29) is 21.0 Å². The van der Waals surface area contributed by atoms with Crippen LogP contribution in [0.5, 0.6) is 23.0 Å². The lowest BCUT2D eigenvalue weighted by molar-refractivity contribution is 0.266. The molecule has 0 saturated carbocycles. The molecule has 0 radical (unpaired) electrons. The minimum absolute atomic E-state index is 0.0267. The quantitative estimate of drug-likeness (QED) is 0.285. The lowest BCUT2D eigenvalue weighted by Crippen LogP contribution is -2.27. The van der Waals surface area contributed by atoms with Crippen molar-refractivity contribution in [3.05, 3.63) is 42.2 Å². The van der Waals surface area contributed by atoms with Gasteiger partial charge in [0, 0.05) is 41.4 Å². The monoisotopic (exact) mass is 896 g/mol. The van der Waals surface area contributed by atoms with Crippen LogP contribution in [0, 0.1) is 0 Å². The smallest absolute Gasteiger partial charge is 0.162 e. The lowest BCUT2D eigenvalue weighted by atomic mass is 10.3. The van der Waals surface area contributed by atoms with Crippen LogP contribution in [0.4, 0.5) is 0 Å². The Hall–Kier alpha value is 1.42. The molecule has 0 spiro atoms. The zero-order valence-corrected chi connectivity index (χ0v) is 30.7. The molecule has 1 aliphatic heterocycles. The number of thioether (sulfide) groups is 2. The Labute approximate surface area is 285 Å². The Balaban J connectivity index is 1.91. The van der Waals surface area contributed by atoms with Crippen molar-refractivity contribution >= 4 is 134 Å². The van der Waals surface area contributed by atoms with Crippen molar-refractivity contribution in [3.63, 3.8) is 0 Å². The molecule has 0 aliphatic carbocycles. The van der Waals surface area contributed by atoms with Gasteiger partial charge in [-0.25, -0.2) is 0 Å². The van der Waals surface area contributed by atoms with Gasteiger partial charge in [-0.1, -0.05) is 0 Å². The van der Waals surface area contributed by atoms with E-state index < -0.39 is 0 Å². The minimum Gasteiger partial charge on any atom is -0.488 e. The third-order valence-corrected chi connectivity index (χ3v) is 13.8. The van der Waals surface area contributed by atoms with Crippen molar-refractivity contribution in [2.24, 2.45) is 0 Å². The van der Waals surface area contributed by atoms with E-state index in [9.17, 15) is 0 Å². The summed E-state index contributed by atoms with van der Waals surface area (Å²) in [6.07, 6.45) is 0. The van der Waals surface area contributed by atoms with Crippen LogP contribution < -0.4 is 18.9 Å². The molecular weight excluding hydrogens is 878 g/mol. The average Bonchev–Trinajstić information content (AvgIpc) is 2.91. The maximum Gasteiger partial charge on any atom is 0.162 e. The summed E-state index contributed by atoms with van der Waals surface area (Å²) in [5.74, 6) is 3.96. The molecule has 1 aliphatic rings. The van der Waals surface area contributed by atoms with E-state index in [2.05, 4.69) is 63.7 Å². The number of fused-ring (bicyclic) bond motifs is 2. The highest BCUT2D eigenvalue weighted by Gasteiger charge is 2.23. The summed E-state index contributed by atoms with van der Waals surface area (Å²) < 4.78 is 28.2. The van der Waals surface area contributed by atoms with Crippen LogP contribution in [-0.2, 0) is 0 Å². The van der Waals surface area contributed by atoms with Crippen molar-refractivity contribution in [2.75, 3.05) is 49.9 Å². The summed E-state index contributed by atoms with van der Waals surface area (Å²) in [5, 5.41) is -0.107. The molecule has 1 heterocycles. The molecule has 0 unspecified atom stereocenters. The average molecular weight is 902 g/mol. The summed E-state index contributed by atoms with van der Waals surface area (Å²) >= 11 is 42.7. The molecule has 4 nitrogen and oxygen atoms in total. The van der Waals surface area contributed by atoms with Crippen LogP contribution in [0.3, 0.4) is 0 Å². The van der Waals surface area contributed by atoms with Crippen LogP contribution in [0.15, 0.2) is 42.2 Å². The fourth-order valence-electron chi connectivity index (χ4n) is 3.23. The van der Waals surface area contributed by atoms with Gasteiger partial charge in [0.15, 0.2) is 23.0 Å². The highest BCUT2D eigenvalue weighted by atomic mass is 79.9. The molecule has 0 fully saturated rings. The predicted molar refractivity (Wildman–Crippen MR) is 179 cm³/mol. The molecule has 38 heavy (non-hydrogen) atoms. The standard InChI is InChI=1S/C24H24Br4Cl4O4S2/c25-17-1-21-22(2-18(17)26)34-10-14(6-30)38-16(8-32)12-36-24-4-20(28)19(27)3-23(24)35-11-15(7-31)37-13(5-29)9-33-21/h1-4,13-16H,5-12H2/t13-,14-,15+,16+. The molecule has 0 saturated heterocycles. The summed E-state index contributed by atoms with van der Waals surface area (Å²) in [6, 6.07) is 7.50. The highest BCUT2D eigenvalue weighted by molar-refractivity contribution is 9.13. The third kappa shape index (κ3) is 10.3. The summed E-state index contributed by atoms with van der Waals surface area (Å²) in [6.45, 7) is 1.47. The number of hydrogen-bond acceptors (Lipinski definition) is 6. The number of hydrogen-bond donors (Lipinski definition) is 0. The summed E-state index contributed by atoms with van der Waals surface area (Å²) in [7, 11) is 0. The van der Waals surface area contributed by atoms with Crippen molar-refractivity contribution in [3.8, 4) is 23.0 Å². The van der Waals surface area contributed by atoms with Crippen molar-refractivity contribution in [2.45, 2.75) is 21.0 Å². The second kappa shape index (κ2) is 17.5. The molecule has 0 aromatic heterocycles. The first-order valence-electron chi connectivity index (χ1n) is 11.3. The van der Waals surface area contributed by atoms with Crippen LogP contribution in [0.25, 0.3) is 0 Å². The Morgan fingerprint density at radius 2 is 0.711 bits per heavy atom. The minimum atomic E-state index is -0.0267. The molecule has 0 amide bonds. The second-order valence-electron chi connectivity index (χ2n) is 8.05. The molecule has 212 valence electrons. The van der Waals surface area contributed by atoms with Crippen molar-refractivity contribution in [1.82, 2.24) is 0 Å². The van der Waals surface area contributed by atoms with E-state index in [0.29, 0.717) is 72.9 Å². The largest absolute Gasteiger partial charge is 0.488 e. The molecule has 0 bridgehead atoms. The Morgan fingerprint density at radius 3 is 0.895 bits per heavy atom. The van der Waals surface area contributed by atoms with Gasteiger partial charge in [0.2, 0.25) is 0 Å². The fourth-order valence-corrected chi connectivity index (χ4v) is 7.71. The van der Waals surface area contributed by atoms with Gasteiger partial charge < -0.3 is 18.9 Å². The predicted octanol–water partition coefficient (Wildman–Crippen LogP) is 9.86. The number of halogens is 8. The molecule has 2 aromatic carbocycles. The van der Waals surface area contributed by atoms with Crippen molar-refractivity contribution < 1.29 is 18.9 Å². The van der Waals surface area contributed by atoms with Gasteiger partial charge in [0.1, 0.15) is 26.4 Å². The van der Waals surface area contributed by atoms with E-state index in [0.717, 1.165) is 17.9 Å². The SMILES string of the molecule is ClC[C@@H]1COc2cc(Br)c(Br)cc2OC[C@@H](CCl)S[C@@H](CCl)COc2cc(Br)c(Br)cc2OC[C@H](CCl)S1. The molecule has 0 N–H and O–H groups in total. The normalized spacial score (nSPS) is 23.4. The van der Waals surface area contributed by atoms with Gasteiger partial charge in [-0.2, -0.15) is 0 Å². The Kier molecular flexibility index (Phi) is 15.6. The first kappa shape index (κ1) is 33.9. The summed E-state index contributed by atoms with van der Waals surface area (Å²) in [4.78, 5) is 0. The fraction of sp³-hybridized carbons (Fsp3) is 0.500. The maximum absolute atomic E-state index is 6.32. The van der Waals surface area contributed by atoms with Crippen LogP contribution >= 0.6 is 134 Å². The number of alkyl halides is 4. The van der Waals surface area contributed by atoms with Gasteiger partial charge in [-0.05, 0) is 88.0 Å². The highest BCUT2D eigenvalue weighted by Crippen LogP contribution is 2.39. The van der Waals surface area contributed by atoms with E-state index in [4.69, 9.17) is 65.4 Å². The zero-order valence-electron chi connectivity index (χ0n) is 19.7. The third-order valence-electron chi connectivity index (χ3n) is 5.13. The summed E-state index contributed by atoms with van der Waals surface area (Å²) in [5.41, 5.74) is 0. The molecule has 2 aromatic rings. The van der Waals surface area contributed by atoms with Crippen LogP contribution in [0.2, 0.25) is 0 Å². The molecule has 4 atom stereocenters.